The number of hydrogen-bond donors (Lipinski definition) is 1. The van der Waals surface area contributed by atoms with Crippen molar-refractivity contribution >= 4 is 23.1 Å². The average molecular weight is 229 g/mol. The van der Waals surface area contributed by atoms with Crippen molar-refractivity contribution in [2.75, 3.05) is 12.8 Å². The van der Waals surface area contributed by atoms with Crippen molar-refractivity contribution in [3.05, 3.63) is 10.0 Å². The molecule has 1 aromatic heterocycles. The molecule has 0 spiro atoms. The molecule has 1 aromatic rings. The van der Waals surface area contributed by atoms with E-state index in [1.165, 1.54) is 30.0 Å². The van der Waals surface area contributed by atoms with Crippen LogP contribution in [-0.4, -0.2) is 23.0 Å². The van der Waals surface area contributed by atoms with Crippen molar-refractivity contribution in [2.24, 2.45) is 0 Å². The second kappa shape index (κ2) is 5.09. The third-order valence-corrected chi connectivity index (χ3v) is 4.84. The summed E-state index contributed by atoms with van der Waals surface area (Å²) in [5.41, 5.74) is 0. The summed E-state index contributed by atoms with van der Waals surface area (Å²) in [5, 5.41) is 14.5. The third-order valence-electron chi connectivity index (χ3n) is 2.27. The highest BCUT2D eigenvalue weighted by Gasteiger charge is 2.19. The van der Waals surface area contributed by atoms with E-state index in [0.717, 1.165) is 11.6 Å². The Morgan fingerprint density at radius 2 is 2.36 bits per heavy atom. The van der Waals surface area contributed by atoms with E-state index in [1.807, 2.05) is 18.8 Å². The van der Waals surface area contributed by atoms with Crippen LogP contribution in [0.25, 0.3) is 0 Å². The fourth-order valence-electron chi connectivity index (χ4n) is 1.55. The first-order chi connectivity index (χ1) is 6.90. The zero-order valence-electron chi connectivity index (χ0n) is 8.32. The van der Waals surface area contributed by atoms with Crippen molar-refractivity contribution in [2.45, 2.75) is 31.1 Å². The minimum Gasteiger partial charge on any atom is -0.313 e. The van der Waals surface area contributed by atoms with Crippen LogP contribution in [0.2, 0.25) is 0 Å². The van der Waals surface area contributed by atoms with Crippen LogP contribution < -0.4 is 5.32 Å². The summed E-state index contributed by atoms with van der Waals surface area (Å²) in [6.07, 6.45) is 3.99. The zero-order chi connectivity index (χ0) is 9.80. The van der Waals surface area contributed by atoms with Gasteiger partial charge in [0, 0.05) is 6.54 Å². The molecule has 0 saturated carbocycles. The molecule has 2 rings (SSSR count). The van der Waals surface area contributed by atoms with Gasteiger partial charge in [-0.05, 0) is 25.6 Å². The maximum atomic E-state index is 4.27. The highest BCUT2D eigenvalue weighted by atomic mass is 32.2. The first kappa shape index (κ1) is 10.4. The monoisotopic (exact) mass is 229 g/mol. The number of rotatable bonds is 3. The molecule has 1 unspecified atom stereocenters. The Hall–Kier alpha value is -0.130. The molecular formula is C9H15N3S2. The fraction of sp³-hybridized carbons (Fsp3) is 0.778. The molecule has 5 heteroatoms. The molecule has 1 N–H and O–H groups in total. The predicted molar refractivity (Wildman–Crippen MR) is 61.7 cm³/mol. The summed E-state index contributed by atoms with van der Waals surface area (Å²) in [4.78, 5) is 0. The predicted octanol–water partition coefficient (Wildman–Crippen LogP) is 2.22. The van der Waals surface area contributed by atoms with Gasteiger partial charge in [0.05, 0.1) is 5.25 Å². The van der Waals surface area contributed by atoms with E-state index >= 15 is 0 Å². The Morgan fingerprint density at radius 3 is 3.07 bits per heavy atom. The molecule has 2 heterocycles. The lowest BCUT2D eigenvalue weighted by molar-refractivity contribution is 0.678. The minimum absolute atomic E-state index is 0.617. The van der Waals surface area contributed by atoms with Gasteiger partial charge in [-0.3, -0.25) is 0 Å². The average Bonchev–Trinajstić information content (AvgIpc) is 2.68. The molecule has 0 radical (unpaired) electrons. The number of thioether (sulfide) groups is 1. The van der Waals surface area contributed by atoms with Gasteiger partial charge in [0.25, 0.3) is 0 Å². The van der Waals surface area contributed by atoms with E-state index in [4.69, 9.17) is 0 Å². The van der Waals surface area contributed by atoms with E-state index in [-0.39, 0.29) is 0 Å². The lowest BCUT2D eigenvalue weighted by Crippen LogP contribution is -2.04. The van der Waals surface area contributed by atoms with Crippen LogP contribution in [0, 0.1) is 0 Å². The van der Waals surface area contributed by atoms with Crippen molar-refractivity contribution in [1.29, 1.82) is 0 Å². The molecular weight excluding hydrogens is 214 g/mol. The van der Waals surface area contributed by atoms with Gasteiger partial charge in [0.1, 0.15) is 10.0 Å². The number of nitrogens with zero attached hydrogens (tertiary/aromatic N) is 2. The normalized spacial score (nSPS) is 22.5. The van der Waals surface area contributed by atoms with Crippen LogP contribution in [-0.2, 0) is 6.54 Å². The van der Waals surface area contributed by atoms with Crippen molar-refractivity contribution in [3.63, 3.8) is 0 Å². The molecule has 1 aliphatic heterocycles. The topological polar surface area (TPSA) is 37.8 Å². The largest absolute Gasteiger partial charge is 0.313 e. The minimum atomic E-state index is 0.617. The molecule has 1 saturated heterocycles. The van der Waals surface area contributed by atoms with E-state index in [1.54, 1.807) is 11.3 Å². The molecule has 1 fully saturated rings. The number of nitrogens with one attached hydrogen (secondary N) is 1. The molecule has 78 valence electrons. The van der Waals surface area contributed by atoms with E-state index in [0.29, 0.717) is 5.25 Å². The summed E-state index contributed by atoms with van der Waals surface area (Å²) in [6.45, 7) is 0.842. The summed E-state index contributed by atoms with van der Waals surface area (Å²) in [6, 6.07) is 0. The van der Waals surface area contributed by atoms with Gasteiger partial charge < -0.3 is 5.32 Å². The lowest BCUT2D eigenvalue weighted by Gasteiger charge is -2.17. The van der Waals surface area contributed by atoms with Crippen LogP contribution in [0.5, 0.6) is 0 Å². The van der Waals surface area contributed by atoms with Crippen molar-refractivity contribution in [1.82, 2.24) is 15.5 Å². The highest BCUT2D eigenvalue weighted by Crippen LogP contribution is 2.39. The van der Waals surface area contributed by atoms with Gasteiger partial charge in [0.2, 0.25) is 0 Å². The Balaban J connectivity index is 2.00. The molecule has 1 aliphatic rings. The van der Waals surface area contributed by atoms with Gasteiger partial charge in [0.15, 0.2) is 0 Å². The van der Waals surface area contributed by atoms with Crippen LogP contribution in [0.15, 0.2) is 0 Å². The van der Waals surface area contributed by atoms with E-state index in [2.05, 4.69) is 15.5 Å². The van der Waals surface area contributed by atoms with Crippen molar-refractivity contribution in [3.8, 4) is 0 Å². The van der Waals surface area contributed by atoms with E-state index < -0.39 is 0 Å². The third kappa shape index (κ3) is 2.46. The molecule has 0 amide bonds. The van der Waals surface area contributed by atoms with Gasteiger partial charge in [-0.15, -0.1) is 10.2 Å². The maximum Gasteiger partial charge on any atom is 0.131 e. The Kier molecular flexibility index (Phi) is 3.78. The van der Waals surface area contributed by atoms with Crippen LogP contribution in [0.3, 0.4) is 0 Å². The van der Waals surface area contributed by atoms with Crippen molar-refractivity contribution < 1.29 is 0 Å². The second-order valence-corrected chi connectivity index (χ2v) is 5.82. The highest BCUT2D eigenvalue weighted by molar-refractivity contribution is 7.99. The summed E-state index contributed by atoms with van der Waals surface area (Å²) in [7, 11) is 1.94. The maximum absolute atomic E-state index is 4.27. The summed E-state index contributed by atoms with van der Waals surface area (Å²) < 4.78 is 0. The zero-order valence-corrected chi connectivity index (χ0v) is 9.96. The molecule has 1 atom stereocenters. The Labute approximate surface area is 92.7 Å². The molecule has 0 aliphatic carbocycles. The molecule has 3 nitrogen and oxygen atoms in total. The Morgan fingerprint density at radius 1 is 1.43 bits per heavy atom. The molecule has 0 aromatic carbocycles. The van der Waals surface area contributed by atoms with Gasteiger partial charge in [-0.25, -0.2) is 0 Å². The second-order valence-electron chi connectivity index (χ2n) is 3.42. The molecule has 0 bridgehead atoms. The van der Waals surface area contributed by atoms with Crippen LogP contribution in [0.4, 0.5) is 0 Å². The quantitative estimate of drug-likeness (QED) is 0.862. The summed E-state index contributed by atoms with van der Waals surface area (Å²) >= 11 is 3.79. The van der Waals surface area contributed by atoms with E-state index in [9.17, 15) is 0 Å². The summed E-state index contributed by atoms with van der Waals surface area (Å²) in [5.74, 6) is 1.28. The van der Waals surface area contributed by atoms with Gasteiger partial charge in [-0.2, -0.15) is 11.8 Å². The first-order valence-corrected chi connectivity index (χ1v) is 6.85. The fourth-order valence-corrected chi connectivity index (χ4v) is 3.95. The van der Waals surface area contributed by atoms with Gasteiger partial charge >= 0.3 is 0 Å². The first-order valence-electron chi connectivity index (χ1n) is 4.98. The standard InChI is InChI=1S/C9H15N3S2/c1-10-6-8-11-12-9(14-8)7-4-2-3-5-13-7/h7,10H,2-6H2,1H3. The van der Waals surface area contributed by atoms with Crippen LogP contribution in [0.1, 0.15) is 34.5 Å². The number of hydrogen-bond acceptors (Lipinski definition) is 5. The number of aromatic nitrogens is 2. The SMILES string of the molecule is CNCc1nnc(C2CCCCS2)s1. The van der Waals surface area contributed by atoms with Gasteiger partial charge in [-0.1, -0.05) is 17.8 Å². The smallest absolute Gasteiger partial charge is 0.131 e. The van der Waals surface area contributed by atoms with Crippen LogP contribution >= 0.6 is 23.1 Å². The molecule has 14 heavy (non-hydrogen) atoms. The Bertz CT molecular complexity index is 281. The lowest BCUT2D eigenvalue weighted by atomic mass is 10.2.